The van der Waals surface area contributed by atoms with E-state index < -0.39 is 6.09 Å². The van der Waals surface area contributed by atoms with E-state index in [0.717, 1.165) is 38.8 Å². The van der Waals surface area contributed by atoms with Crippen molar-refractivity contribution in [2.45, 2.75) is 55.3 Å². The van der Waals surface area contributed by atoms with Crippen molar-refractivity contribution in [2.24, 2.45) is 0 Å². The largest absolute Gasteiger partial charge is 0.444 e. The second kappa shape index (κ2) is 10.8. The van der Waals surface area contributed by atoms with Crippen molar-refractivity contribution in [3.8, 4) is 0 Å². The van der Waals surface area contributed by atoms with Gasteiger partial charge in [0, 0.05) is 16.6 Å². The number of carbonyl (C=O) groups is 1. The van der Waals surface area contributed by atoms with Crippen molar-refractivity contribution in [1.82, 2.24) is 9.97 Å². The van der Waals surface area contributed by atoms with Crippen molar-refractivity contribution in [3.05, 3.63) is 89.7 Å². The Morgan fingerprint density at radius 2 is 1.68 bits per heavy atom. The summed E-state index contributed by atoms with van der Waals surface area (Å²) in [6, 6.07) is 24.1. The molecule has 5 nitrogen and oxygen atoms in total. The maximum absolute atomic E-state index is 12.6. The highest BCUT2D eigenvalue weighted by molar-refractivity contribution is 7.98. The normalized spacial score (nSPS) is 14.2. The summed E-state index contributed by atoms with van der Waals surface area (Å²) in [5, 5.41) is 2.97. The van der Waals surface area contributed by atoms with Crippen LogP contribution in [0.3, 0.4) is 0 Å². The molecule has 1 saturated carbocycles. The number of amides is 1. The summed E-state index contributed by atoms with van der Waals surface area (Å²) in [4.78, 5) is 22.1. The summed E-state index contributed by atoms with van der Waals surface area (Å²) in [5.74, 6) is 2.37. The molecule has 0 aliphatic heterocycles. The van der Waals surface area contributed by atoms with Crippen LogP contribution in [0.15, 0.2) is 77.7 Å². The molecule has 0 saturated heterocycles. The fourth-order valence-electron chi connectivity index (χ4n) is 4.45. The molecule has 6 heteroatoms. The quantitative estimate of drug-likeness (QED) is 0.272. The summed E-state index contributed by atoms with van der Waals surface area (Å²) in [5.41, 5.74) is 4.82. The van der Waals surface area contributed by atoms with E-state index in [1.165, 1.54) is 37.7 Å². The second-order valence-corrected chi connectivity index (χ2v) is 9.80. The molecule has 0 unspecified atom stereocenters. The number of fused-ring (bicyclic) bond motifs is 1. The first-order valence-electron chi connectivity index (χ1n) is 11.9. The molecule has 1 aliphatic carbocycles. The third-order valence-electron chi connectivity index (χ3n) is 6.28. The minimum Gasteiger partial charge on any atom is -0.444 e. The molecule has 1 fully saturated rings. The van der Waals surface area contributed by atoms with Gasteiger partial charge in [-0.15, -0.1) is 11.8 Å². The van der Waals surface area contributed by atoms with Crippen LogP contribution in [0, 0.1) is 0 Å². The number of ether oxygens (including phenoxy) is 1. The zero-order valence-corrected chi connectivity index (χ0v) is 19.9. The molecule has 0 atom stereocenters. The Balaban J connectivity index is 1.37. The molecule has 0 radical (unpaired) electrons. The summed E-state index contributed by atoms with van der Waals surface area (Å²) in [6.45, 7) is 0.233. The maximum Gasteiger partial charge on any atom is 0.411 e. The van der Waals surface area contributed by atoms with Gasteiger partial charge in [-0.3, -0.25) is 5.32 Å². The number of imidazole rings is 1. The molecule has 3 aromatic carbocycles. The monoisotopic (exact) mass is 471 g/mol. The van der Waals surface area contributed by atoms with Gasteiger partial charge in [0.25, 0.3) is 0 Å². The molecule has 5 rings (SSSR count). The number of thioether (sulfide) groups is 1. The number of benzene rings is 3. The molecular formula is C28H29N3O2S. The van der Waals surface area contributed by atoms with Crippen molar-refractivity contribution in [1.29, 1.82) is 0 Å². The van der Waals surface area contributed by atoms with Gasteiger partial charge in [0.2, 0.25) is 0 Å². The first-order valence-corrected chi connectivity index (χ1v) is 12.9. The number of aromatic nitrogens is 2. The van der Waals surface area contributed by atoms with Crippen LogP contribution in [0.1, 0.15) is 55.0 Å². The van der Waals surface area contributed by atoms with Crippen LogP contribution in [0.5, 0.6) is 0 Å². The zero-order valence-electron chi connectivity index (χ0n) is 19.1. The van der Waals surface area contributed by atoms with E-state index >= 15 is 0 Å². The predicted octanol–water partition coefficient (Wildman–Crippen LogP) is 7.65. The van der Waals surface area contributed by atoms with Gasteiger partial charge in [0.1, 0.15) is 12.4 Å². The number of rotatable bonds is 7. The number of aromatic amines is 1. The van der Waals surface area contributed by atoms with E-state index in [4.69, 9.17) is 9.72 Å². The predicted molar refractivity (Wildman–Crippen MR) is 138 cm³/mol. The molecule has 0 bridgehead atoms. The van der Waals surface area contributed by atoms with Crippen LogP contribution in [0.25, 0.3) is 11.0 Å². The summed E-state index contributed by atoms with van der Waals surface area (Å²) in [7, 11) is 0. The molecule has 1 aliphatic rings. The molecule has 1 amide bonds. The van der Waals surface area contributed by atoms with Crippen LogP contribution < -0.4 is 5.32 Å². The Morgan fingerprint density at radius 3 is 2.41 bits per heavy atom. The first kappa shape index (κ1) is 22.5. The molecular weight excluding hydrogens is 442 g/mol. The van der Waals surface area contributed by atoms with Gasteiger partial charge in [0.05, 0.1) is 16.7 Å². The van der Waals surface area contributed by atoms with Crippen LogP contribution >= 0.6 is 11.8 Å². The number of carbonyl (C=O) groups excluding carboxylic acids is 1. The standard InChI is InChI=1S/C28H29N3O2S/c32-28(33-18-20-10-4-1-5-11-20)31-25-16-23-24(30-27(29-23)22-14-8-3-9-15-22)17-26(25)34-19-21-12-6-2-7-13-21/h1-2,4-7,10-13,16-17,22H,3,8-9,14-15,18-19H2,(H,29,30)(H,31,32). The minimum atomic E-state index is -0.461. The van der Waals surface area contributed by atoms with Crippen LogP contribution in [0.4, 0.5) is 10.5 Å². The summed E-state index contributed by atoms with van der Waals surface area (Å²) in [6.07, 6.45) is 5.76. The number of H-pyrrole nitrogens is 1. The Kier molecular flexibility index (Phi) is 7.15. The van der Waals surface area contributed by atoms with Crippen molar-refractivity contribution in [2.75, 3.05) is 5.32 Å². The lowest BCUT2D eigenvalue weighted by atomic mass is 9.89. The molecule has 1 aromatic heterocycles. The van der Waals surface area contributed by atoms with Crippen LogP contribution in [-0.2, 0) is 17.1 Å². The van der Waals surface area contributed by atoms with Gasteiger partial charge in [-0.05, 0) is 36.1 Å². The van der Waals surface area contributed by atoms with Crippen LogP contribution in [0.2, 0.25) is 0 Å². The molecule has 174 valence electrons. The Morgan fingerprint density at radius 1 is 0.971 bits per heavy atom. The molecule has 4 aromatic rings. The average molecular weight is 472 g/mol. The van der Waals surface area contributed by atoms with E-state index in [-0.39, 0.29) is 6.61 Å². The highest BCUT2D eigenvalue weighted by Crippen LogP contribution is 2.36. The lowest BCUT2D eigenvalue weighted by Gasteiger charge is -2.18. The Bertz CT molecular complexity index is 1230. The zero-order chi connectivity index (χ0) is 23.2. The summed E-state index contributed by atoms with van der Waals surface area (Å²) >= 11 is 1.69. The number of nitrogens with one attached hydrogen (secondary N) is 2. The molecule has 1 heterocycles. The topological polar surface area (TPSA) is 67.0 Å². The Hall–Kier alpha value is -3.25. The second-order valence-electron chi connectivity index (χ2n) is 8.78. The summed E-state index contributed by atoms with van der Waals surface area (Å²) < 4.78 is 5.48. The van der Waals surface area contributed by atoms with E-state index in [9.17, 15) is 4.79 Å². The number of hydrogen-bond donors (Lipinski definition) is 2. The Labute approximate surface area is 204 Å². The lowest BCUT2D eigenvalue weighted by Crippen LogP contribution is -2.14. The average Bonchev–Trinajstić information content (AvgIpc) is 3.31. The van der Waals surface area contributed by atoms with Gasteiger partial charge in [-0.2, -0.15) is 0 Å². The van der Waals surface area contributed by atoms with E-state index in [2.05, 4.69) is 28.5 Å². The molecule has 34 heavy (non-hydrogen) atoms. The van der Waals surface area contributed by atoms with Crippen molar-refractivity contribution in [3.63, 3.8) is 0 Å². The van der Waals surface area contributed by atoms with Gasteiger partial charge < -0.3 is 9.72 Å². The number of anilines is 1. The molecule has 0 spiro atoms. The minimum absolute atomic E-state index is 0.233. The fraction of sp³-hybridized carbons (Fsp3) is 0.286. The first-order chi connectivity index (χ1) is 16.7. The van der Waals surface area contributed by atoms with Gasteiger partial charge in [0.15, 0.2) is 0 Å². The lowest BCUT2D eigenvalue weighted by molar-refractivity contribution is 0.155. The number of nitrogens with zero attached hydrogens (tertiary/aromatic N) is 1. The third kappa shape index (κ3) is 5.62. The van der Waals surface area contributed by atoms with Crippen molar-refractivity contribution >= 4 is 34.6 Å². The maximum atomic E-state index is 12.6. The van der Waals surface area contributed by atoms with Gasteiger partial charge in [-0.25, -0.2) is 9.78 Å². The number of hydrogen-bond acceptors (Lipinski definition) is 4. The van der Waals surface area contributed by atoms with Crippen LogP contribution in [-0.4, -0.2) is 16.1 Å². The van der Waals surface area contributed by atoms with E-state index in [1.807, 2.05) is 54.6 Å². The fourth-order valence-corrected chi connectivity index (χ4v) is 5.42. The SMILES string of the molecule is O=C(Nc1cc2[nH]c(C3CCCCC3)nc2cc1SCc1ccccc1)OCc1ccccc1. The highest BCUT2D eigenvalue weighted by Gasteiger charge is 2.20. The van der Waals surface area contributed by atoms with Crippen molar-refractivity contribution < 1.29 is 9.53 Å². The van der Waals surface area contributed by atoms with Gasteiger partial charge >= 0.3 is 6.09 Å². The smallest absolute Gasteiger partial charge is 0.411 e. The van der Waals surface area contributed by atoms with E-state index in [0.29, 0.717) is 5.92 Å². The van der Waals surface area contributed by atoms with E-state index in [1.54, 1.807) is 11.8 Å². The third-order valence-corrected chi connectivity index (χ3v) is 7.41. The molecule has 2 N–H and O–H groups in total. The highest BCUT2D eigenvalue weighted by atomic mass is 32.2. The van der Waals surface area contributed by atoms with Gasteiger partial charge in [-0.1, -0.05) is 79.9 Å².